The molecule has 106 valence electrons. The molecule has 0 N–H and O–H groups in total. The lowest BCUT2D eigenvalue weighted by Gasteiger charge is -2.26. The van der Waals surface area contributed by atoms with E-state index in [0.717, 1.165) is 36.2 Å². The van der Waals surface area contributed by atoms with E-state index < -0.39 is 0 Å². The molecule has 0 saturated carbocycles. The Morgan fingerprint density at radius 3 is 2.75 bits per heavy atom. The molecule has 0 aliphatic carbocycles. The van der Waals surface area contributed by atoms with Gasteiger partial charge in [0.1, 0.15) is 0 Å². The summed E-state index contributed by atoms with van der Waals surface area (Å²) < 4.78 is 2.67. The summed E-state index contributed by atoms with van der Waals surface area (Å²) in [4.78, 5) is 19.2. The van der Waals surface area contributed by atoms with E-state index in [1.165, 1.54) is 19.3 Å². The van der Waals surface area contributed by atoms with Crippen LogP contribution in [-0.2, 0) is 6.54 Å². The number of rotatable bonds is 3. The van der Waals surface area contributed by atoms with Gasteiger partial charge in [0.2, 0.25) is 0 Å². The van der Waals surface area contributed by atoms with Crippen molar-refractivity contribution in [2.45, 2.75) is 25.8 Å². The van der Waals surface area contributed by atoms with Crippen molar-refractivity contribution < 1.29 is 0 Å². The third kappa shape index (κ3) is 2.94. The number of piperidine rings is 1. The Balaban J connectivity index is 1.79. The van der Waals surface area contributed by atoms with E-state index in [1.54, 1.807) is 10.9 Å². The maximum atomic E-state index is 12.4. The minimum atomic E-state index is 0.0551. The molecule has 1 aromatic carbocycles. The van der Waals surface area contributed by atoms with E-state index in [9.17, 15) is 4.79 Å². The molecule has 5 heteroatoms. The molecule has 0 amide bonds. The Bertz CT molecular complexity index is 662. The number of nitrogens with zero attached hydrogens (tertiary/aromatic N) is 3. The van der Waals surface area contributed by atoms with Gasteiger partial charge in [0.25, 0.3) is 5.56 Å². The number of halogens is 1. The topological polar surface area (TPSA) is 38.1 Å². The molecule has 2 aromatic rings. The molecular weight excluding hydrogens is 318 g/mol. The van der Waals surface area contributed by atoms with E-state index in [4.69, 9.17) is 0 Å². The largest absolute Gasteiger partial charge is 0.302 e. The van der Waals surface area contributed by atoms with Gasteiger partial charge in [-0.05, 0) is 44.1 Å². The lowest BCUT2D eigenvalue weighted by Crippen LogP contribution is -2.34. The minimum absolute atomic E-state index is 0.0551. The van der Waals surface area contributed by atoms with Crippen LogP contribution in [0, 0.1) is 0 Å². The molecule has 1 aliphatic heterocycles. The molecule has 20 heavy (non-hydrogen) atoms. The molecular formula is C15H18BrN3O. The van der Waals surface area contributed by atoms with Gasteiger partial charge in [-0.1, -0.05) is 22.4 Å². The van der Waals surface area contributed by atoms with Crippen LogP contribution < -0.4 is 5.56 Å². The van der Waals surface area contributed by atoms with Gasteiger partial charge in [-0.15, -0.1) is 0 Å². The van der Waals surface area contributed by atoms with Crippen LogP contribution in [0.5, 0.6) is 0 Å². The molecule has 2 heterocycles. The summed E-state index contributed by atoms with van der Waals surface area (Å²) in [5, 5.41) is 0.689. The van der Waals surface area contributed by atoms with E-state index in [1.807, 2.05) is 18.2 Å². The minimum Gasteiger partial charge on any atom is -0.302 e. The SMILES string of the molecule is O=c1c2ccc(Br)cc2ncn1CCN1CCCCC1. The number of likely N-dealkylation sites (tertiary alicyclic amines) is 1. The standard InChI is InChI=1S/C15H18BrN3O/c16-12-4-5-13-14(10-12)17-11-19(15(13)20)9-8-18-6-2-1-3-7-18/h4-5,10-11H,1-3,6-9H2. The average molecular weight is 336 g/mol. The zero-order chi connectivity index (χ0) is 13.9. The van der Waals surface area contributed by atoms with Crippen LogP contribution in [0.3, 0.4) is 0 Å². The van der Waals surface area contributed by atoms with Crippen molar-refractivity contribution in [3.8, 4) is 0 Å². The van der Waals surface area contributed by atoms with Crippen LogP contribution in [0.2, 0.25) is 0 Å². The van der Waals surface area contributed by atoms with Gasteiger partial charge in [-0.2, -0.15) is 0 Å². The van der Waals surface area contributed by atoms with Crippen molar-refractivity contribution in [1.29, 1.82) is 0 Å². The summed E-state index contributed by atoms with van der Waals surface area (Å²) in [7, 11) is 0. The Labute approximate surface area is 126 Å². The van der Waals surface area contributed by atoms with E-state index in [2.05, 4.69) is 25.8 Å². The fraction of sp³-hybridized carbons (Fsp3) is 0.467. The normalized spacial score (nSPS) is 16.6. The van der Waals surface area contributed by atoms with E-state index >= 15 is 0 Å². The van der Waals surface area contributed by atoms with Crippen LogP contribution in [0.25, 0.3) is 10.9 Å². The summed E-state index contributed by atoms with van der Waals surface area (Å²) in [5.41, 5.74) is 0.804. The Hall–Kier alpha value is -1.20. The second kappa shape index (κ2) is 6.06. The maximum absolute atomic E-state index is 12.4. The van der Waals surface area contributed by atoms with Crippen LogP contribution in [0.4, 0.5) is 0 Å². The highest BCUT2D eigenvalue weighted by molar-refractivity contribution is 9.10. The van der Waals surface area contributed by atoms with Gasteiger partial charge in [-0.3, -0.25) is 9.36 Å². The smallest absolute Gasteiger partial charge is 0.261 e. The predicted molar refractivity (Wildman–Crippen MR) is 84.0 cm³/mol. The van der Waals surface area contributed by atoms with Gasteiger partial charge in [-0.25, -0.2) is 4.98 Å². The number of hydrogen-bond acceptors (Lipinski definition) is 3. The summed E-state index contributed by atoms with van der Waals surface area (Å²) in [5.74, 6) is 0. The van der Waals surface area contributed by atoms with Crippen molar-refractivity contribution in [3.63, 3.8) is 0 Å². The molecule has 1 saturated heterocycles. The van der Waals surface area contributed by atoms with Crippen molar-refractivity contribution >= 4 is 26.8 Å². The van der Waals surface area contributed by atoms with Gasteiger partial charge < -0.3 is 4.90 Å². The third-order valence-electron chi connectivity index (χ3n) is 3.89. The van der Waals surface area contributed by atoms with Crippen LogP contribution in [-0.4, -0.2) is 34.1 Å². The fourth-order valence-corrected chi connectivity index (χ4v) is 3.07. The monoisotopic (exact) mass is 335 g/mol. The second-order valence-electron chi connectivity index (χ2n) is 5.31. The molecule has 1 aromatic heterocycles. The fourth-order valence-electron chi connectivity index (χ4n) is 2.72. The highest BCUT2D eigenvalue weighted by Gasteiger charge is 2.10. The maximum Gasteiger partial charge on any atom is 0.261 e. The predicted octanol–water partition coefficient (Wildman–Crippen LogP) is 2.64. The highest BCUT2D eigenvalue weighted by atomic mass is 79.9. The first kappa shape index (κ1) is 13.8. The first-order valence-electron chi connectivity index (χ1n) is 7.11. The summed E-state index contributed by atoms with van der Waals surface area (Å²) in [6.45, 7) is 3.97. The van der Waals surface area contributed by atoms with Crippen LogP contribution in [0.1, 0.15) is 19.3 Å². The highest BCUT2D eigenvalue weighted by Crippen LogP contribution is 2.15. The number of benzene rings is 1. The van der Waals surface area contributed by atoms with Crippen molar-refractivity contribution in [2.24, 2.45) is 0 Å². The molecule has 0 radical (unpaired) electrons. The summed E-state index contributed by atoms with van der Waals surface area (Å²) in [6, 6.07) is 5.61. The average Bonchev–Trinajstić information content (AvgIpc) is 2.47. The van der Waals surface area contributed by atoms with Gasteiger partial charge >= 0.3 is 0 Å². The first-order chi connectivity index (χ1) is 9.74. The Morgan fingerprint density at radius 2 is 1.95 bits per heavy atom. The van der Waals surface area contributed by atoms with Gasteiger partial charge in [0.15, 0.2) is 0 Å². The van der Waals surface area contributed by atoms with Crippen molar-refractivity contribution in [1.82, 2.24) is 14.5 Å². The van der Waals surface area contributed by atoms with Crippen molar-refractivity contribution in [3.05, 3.63) is 39.4 Å². The molecule has 0 spiro atoms. The Kier molecular flexibility index (Phi) is 4.17. The van der Waals surface area contributed by atoms with Gasteiger partial charge in [0, 0.05) is 17.6 Å². The lowest BCUT2D eigenvalue weighted by molar-refractivity contribution is 0.220. The molecule has 0 unspecified atom stereocenters. The molecule has 1 fully saturated rings. The molecule has 4 nitrogen and oxygen atoms in total. The van der Waals surface area contributed by atoms with E-state index in [0.29, 0.717) is 5.39 Å². The van der Waals surface area contributed by atoms with Gasteiger partial charge in [0.05, 0.1) is 17.2 Å². The number of aromatic nitrogens is 2. The van der Waals surface area contributed by atoms with E-state index in [-0.39, 0.29) is 5.56 Å². The zero-order valence-corrected chi connectivity index (χ0v) is 13.0. The van der Waals surface area contributed by atoms with Crippen molar-refractivity contribution in [2.75, 3.05) is 19.6 Å². The first-order valence-corrected chi connectivity index (χ1v) is 7.90. The molecule has 0 atom stereocenters. The summed E-state index contributed by atoms with van der Waals surface area (Å²) >= 11 is 3.40. The summed E-state index contributed by atoms with van der Waals surface area (Å²) in [6.07, 6.45) is 5.56. The van der Waals surface area contributed by atoms with Crippen LogP contribution >= 0.6 is 15.9 Å². The zero-order valence-electron chi connectivity index (χ0n) is 11.4. The number of fused-ring (bicyclic) bond motifs is 1. The molecule has 1 aliphatic rings. The Morgan fingerprint density at radius 1 is 1.15 bits per heavy atom. The molecule has 3 rings (SSSR count). The lowest BCUT2D eigenvalue weighted by atomic mass is 10.1. The quantitative estimate of drug-likeness (QED) is 0.865. The third-order valence-corrected chi connectivity index (χ3v) is 4.39. The molecule has 0 bridgehead atoms. The number of hydrogen-bond donors (Lipinski definition) is 0. The van der Waals surface area contributed by atoms with Crippen LogP contribution in [0.15, 0.2) is 33.8 Å². The second-order valence-corrected chi connectivity index (χ2v) is 6.22.